The van der Waals surface area contributed by atoms with Gasteiger partial charge in [-0.3, -0.25) is 0 Å². The lowest BCUT2D eigenvalue weighted by molar-refractivity contribution is 0.138. The zero-order valence-electron chi connectivity index (χ0n) is 23.5. The van der Waals surface area contributed by atoms with Crippen molar-refractivity contribution in [3.63, 3.8) is 0 Å². The molecule has 5 aromatic rings. The van der Waals surface area contributed by atoms with Gasteiger partial charge in [-0.1, -0.05) is 71.9 Å². The lowest BCUT2D eigenvalue weighted by Crippen LogP contribution is -2.36. The minimum atomic E-state index is -0.524. The number of aromatic nitrogens is 4. The number of carbonyl (C=O) groups excluding carboxylic acids is 1. The van der Waals surface area contributed by atoms with Crippen molar-refractivity contribution in [2.75, 3.05) is 30.3 Å². The number of piperidine rings is 1. The number of carbonyl (C=O) groups is 1. The lowest BCUT2D eigenvalue weighted by Gasteiger charge is -2.26. The first-order valence-electron chi connectivity index (χ1n) is 14.3. The van der Waals surface area contributed by atoms with Gasteiger partial charge in [0.2, 0.25) is 0 Å². The van der Waals surface area contributed by atoms with E-state index in [1.165, 1.54) is 17.8 Å². The third kappa shape index (κ3) is 5.30. The molecule has 44 heavy (non-hydrogen) atoms. The number of alkyl carbamates (subject to hydrolysis) is 1. The van der Waals surface area contributed by atoms with Gasteiger partial charge in [0, 0.05) is 42.2 Å². The Balaban J connectivity index is 1.08. The Labute approximate surface area is 262 Å². The van der Waals surface area contributed by atoms with Gasteiger partial charge < -0.3 is 25.7 Å². The Bertz CT molecular complexity index is 1840. The molecule has 9 nitrogen and oxygen atoms in total. The van der Waals surface area contributed by atoms with Crippen LogP contribution in [0.25, 0.3) is 11.2 Å². The van der Waals surface area contributed by atoms with Crippen LogP contribution in [0.5, 0.6) is 0 Å². The molecule has 1 amide bonds. The van der Waals surface area contributed by atoms with Crippen LogP contribution in [-0.2, 0) is 16.8 Å². The number of fused-ring (bicyclic) bond motifs is 2. The number of hydrogen-bond donors (Lipinski definition) is 3. The van der Waals surface area contributed by atoms with Gasteiger partial charge in [-0.15, -0.1) is 0 Å². The van der Waals surface area contributed by atoms with Gasteiger partial charge in [0.05, 0.1) is 11.2 Å². The molecule has 0 spiro atoms. The molecule has 3 aromatic heterocycles. The second-order valence-corrected chi connectivity index (χ2v) is 12.5. The number of nitrogens with two attached hydrogens (primary N) is 1. The maximum absolute atomic E-state index is 15.3. The molecule has 1 aliphatic carbocycles. The van der Waals surface area contributed by atoms with E-state index in [4.69, 9.17) is 27.1 Å². The van der Waals surface area contributed by atoms with Gasteiger partial charge in [-0.2, -0.15) is 0 Å². The minimum absolute atomic E-state index is 0.139. The van der Waals surface area contributed by atoms with Gasteiger partial charge in [-0.25, -0.2) is 24.1 Å². The van der Waals surface area contributed by atoms with Crippen molar-refractivity contribution in [3.8, 4) is 0 Å². The van der Waals surface area contributed by atoms with Crippen LogP contribution in [0.4, 0.5) is 20.8 Å². The zero-order chi connectivity index (χ0) is 30.3. The van der Waals surface area contributed by atoms with Crippen molar-refractivity contribution >= 4 is 52.3 Å². The van der Waals surface area contributed by atoms with E-state index in [9.17, 15) is 4.79 Å². The molecule has 7 rings (SSSR count). The summed E-state index contributed by atoms with van der Waals surface area (Å²) in [6.07, 6.45) is 3.64. The first-order valence-corrected chi connectivity index (χ1v) is 15.5. The second kappa shape index (κ2) is 11.6. The van der Waals surface area contributed by atoms with E-state index in [1.807, 2.05) is 48.5 Å². The van der Waals surface area contributed by atoms with E-state index in [2.05, 4.69) is 25.2 Å². The van der Waals surface area contributed by atoms with Crippen molar-refractivity contribution in [1.29, 1.82) is 0 Å². The van der Waals surface area contributed by atoms with Crippen molar-refractivity contribution in [3.05, 3.63) is 101 Å². The highest BCUT2D eigenvalue weighted by Gasteiger charge is 2.67. The summed E-state index contributed by atoms with van der Waals surface area (Å²) in [7, 11) is 0. The fraction of sp³-hybridized carbons (Fsp3) is 0.250. The fourth-order valence-corrected chi connectivity index (χ4v) is 7.53. The highest BCUT2D eigenvalue weighted by molar-refractivity contribution is 7.99. The number of aromatic amines is 1. The van der Waals surface area contributed by atoms with Gasteiger partial charge in [0.15, 0.2) is 5.65 Å². The second-order valence-electron chi connectivity index (χ2n) is 11.1. The van der Waals surface area contributed by atoms with Gasteiger partial charge in [0.1, 0.15) is 34.6 Å². The molecule has 3 unspecified atom stereocenters. The summed E-state index contributed by atoms with van der Waals surface area (Å²) in [6.45, 7) is 1.94. The third-order valence-electron chi connectivity index (χ3n) is 8.67. The Morgan fingerprint density at radius 2 is 1.98 bits per heavy atom. The first-order chi connectivity index (χ1) is 21.4. The Morgan fingerprint density at radius 1 is 1.16 bits per heavy atom. The van der Waals surface area contributed by atoms with E-state index >= 15 is 4.39 Å². The number of hydrogen-bond acceptors (Lipinski definition) is 8. The molecule has 12 heteroatoms. The van der Waals surface area contributed by atoms with E-state index < -0.39 is 11.5 Å². The molecule has 2 aromatic carbocycles. The van der Waals surface area contributed by atoms with Crippen molar-refractivity contribution in [1.82, 2.24) is 25.3 Å². The highest BCUT2D eigenvalue weighted by Crippen LogP contribution is 2.63. The number of nitrogens with one attached hydrogen (secondary N) is 2. The fourth-order valence-electron chi connectivity index (χ4n) is 6.51. The molecular weight excluding hydrogens is 601 g/mol. The largest absolute Gasteiger partial charge is 0.445 e. The minimum Gasteiger partial charge on any atom is -0.445 e. The van der Waals surface area contributed by atoms with Crippen LogP contribution >= 0.6 is 23.4 Å². The van der Waals surface area contributed by atoms with Crippen LogP contribution in [-0.4, -0.2) is 45.7 Å². The standard InChI is InChI=1S/C32H29ClFN7O2S/c33-28-25(10-12-36-29(28)35)44-27-15-37-30-24(39-27)14-26(40-30)41-13-11-20-22(16-41)32(20,21-8-4-5-9-23(21)34)18-38-31(42)43-17-19-6-2-1-3-7-19/h1-10,12,14-15,20,22H,11,13,16-18H2,(H2,35,36)(H,37,40)(H,38,42). The molecule has 2 aliphatic rings. The monoisotopic (exact) mass is 629 g/mol. The molecule has 3 atom stereocenters. The number of benzene rings is 2. The quantitative estimate of drug-likeness (QED) is 0.185. The van der Waals surface area contributed by atoms with Crippen LogP contribution in [0.3, 0.4) is 0 Å². The summed E-state index contributed by atoms with van der Waals surface area (Å²) >= 11 is 7.69. The maximum Gasteiger partial charge on any atom is 0.407 e. The van der Waals surface area contributed by atoms with Crippen molar-refractivity contribution in [2.45, 2.75) is 28.4 Å². The first kappa shape index (κ1) is 28.4. The molecule has 4 heterocycles. The van der Waals surface area contributed by atoms with Gasteiger partial charge >= 0.3 is 6.09 Å². The summed E-state index contributed by atoms with van der Waals surface area (Å²) in [5.41, 5.74) is 8.26. The van der Waals surface area contributed by atoms with E-state index in [-0.39, 0.29) is 30.1 Å². The van der Waals surface area contributed by atoms with Crippen LogP contribution in [0.15, 0.2) is 89.0 Å². The average Bonchev–Trinajstić information content (AvgIpc) is 3.48. The number of nitrogen functional groups attached to an aromatic ring is 1. The number of halogens is 2. The zero-order valence-corrected chi connectivity index (χ0v) is 25.1. The summed E-state index contributed by atoms with van der Waals surface area (Å²) in [6, 6.07) is 20.2. The number of anilines is 2. The lowest BCUT2D eigenvalue weighted by atomic mass is 9.90. The molecule has 1 saturated heterocycles. The Hall–Kier alpha value is -4.35. The number of amides is 1. The predicted molar refractivity (Wildman–Crippen MR) is 168 cm³/mol. The van der Waals surface area contributed by atoms with Crippen molar-refractivity contribution in [2.24, 2.45) is 11.8 Å². The van der Waals surface area contributed by atoms with E-state index in [0.717, 1.165) is 34.8 Å². The average molecular weight is 630 g/mol. The predicted octanol–water partition coefficient (Wildman–Crippen LogP) is 6.20. The van der Waals surface area contributed by atoms with E-state index in [0.29, 0.717) is 34.3 Å². The smallest absolute Gasteiger partial charge is 0.407 e. The molecule has 0 bridgehead atoms. The molecule has 0 radical (unpaired) electrons. The number of pyridine rings is 1. The molecular formula is C32H29ClFN7O2S. The number of nitrogens with zero attached hydrogens (tertiary/aromatic N) is 4. The molecule has 2 fully saturated rings. The topological polar surface area (TPSA) is 122 Å². The highest BCUT2D eigenvalue weighted by atomic mass is 35.5. The Morgan fingerprint density at radius 3 is 2.82 bits per heavy atom. The number of H-pyrrole nitrogens is 1. The third-order valence-corrected chi connectivity index (χ3v) is 10.1. The number of rotatable bonds is 8. The molecule has 1 saturated carbocycles. The van der Waals surface area contributed by atoms with Gasteiger partial charge in [0.25, 0.3) is 0 Å². The summed E-state index contributed by atoms with van der Waals surface area (Å²) in [5, 5.41) is 4.02. The summed E-state index contributed by atoms with van der Waals surface area (Å²) in [5.74, 6) is 1.28. The van der Waals surface area contributed by atoms with Crippen LogP contribution in [0.1, 0.15) is 17.5 Å². The molecule has 1 aliphatic heterocycles. The van der Waals surface area contributed by atoms with Crippen LogP contribution in [0, 0.1) is 17.7 Å². The van der Waals surface area contributed by atoms with E-state index in [1.54, 1.807) is 24.5 Å². The molecule has 224 valence electrons. The number of ether oxygens (including phenoxy) is 1. The van der Waals surface area contributed by atoms with Gasteiger partial charge in [-0.05, 0) is 41.5 Å². The summed E-state index contributed by atoms with van der Waals surface area (Å²) in [4.78, 5) is 32.5. The Kier molecular flexibility index (Phi) is 7.51. The molecule has 4 N–H and O–H groups in total. The normalized spacial score (nSPS) is 20.7. The van der Waals surface area contributed by atoms with Crippen LogP contribution < -0.4 is 16.0 Å². The maximum atomic E-state index is 15.3. The van der Waals surface area contributed by atoms with Crippen molar-refractivity contribution < 1.29 is 13.9 Å². The SMILES string of the molecule is Nc1nccc(Sc2cnc3[nH]c(N4CCC5C(C4)C5(CNC(=O)OCc4ccccc4)c4ccccc4F)cc3n2)c1Cl. The van der Waals surface area contributed by atoms with Crippen LogP contribution in [0.2, 0.25) is 5.02 Å². The summed E-state index contributed by atoms with van der Waals surface area (Å²) < 4.78 is 20.7.